The second-order valence-electron chi connectivity index (χ2n) is 22.4. The van der Waals surface area contributed by atoms with Crippen LogP contribution < -0.4 is 0 Å². The summed E-state index contributed by atoms with van der Waals surface area (Å²) in [6.07, 6.45) is 82.4. The van der Waals surface area contributed by atoms with Gasteiger partial charge in [0.25, 0.3) is 0 Å². The van der Waals surface area contributed by atoms with Crippen LogP contribution in [0.15, 0.2) is 60.8 Å². The minimum atomic E-state index is -0.791. The summed E-state index contributed by atoms with van der Waals surface area (Å²) in [7, 11) is 0. The number of carbonyl (C=O) groups excluding carboxylic acids is 3. The molecule has 0 aliphatic heterocycles. The molecule has 76 heavy (non-hydrogen) atoms. The molecule has 6 nitrogen and oxygen atoms in total. The largest absolute Gasteiger partial charge is 0.462 e. The van der Waals surface area contributed by atoms with Crippen LogP contribution in [-0.2, 0) is 28.6 Å². The average Bonchev–Trinajstić information content (AvgIpc) is 3.42. The molecular weight excluding hydrogens is 937 g/mol. The second-order valence-corrected chi connectivity index (χ2v) is 22.4. The van der Waals surface area contributed by atoms with Crippen molar-refractivity contribution in [2.75, 3.05) is 13.2 Å². The number of ether oxygens (including phenoxy) is 3. The van der Waals surface area contributed by atoms with Crippen molar-refractivity contribution in [3.8, 4) is 0 Å². The Balaban J connectivity index is 4.33. The molecule has 0 aliphatic rings. The van der Waals surface area contributed by atoms with E-state index < -0.39 is 6.10 Å². The molecule has 1 unspecified atom stereocenters. The number of hydrogen-bond acceptors (Lipinski definition) is 6. The Hall–Kier alpha value is -2.89. The Kier molecular flexibility index (Phi) is 62.2. The lowest BCUT2D eigenvalue weighted by Gasteiger charge is -2.18. The molecule has 0 saturated carbocycles. The van der Waals surface area contributed by atoms with Gasteiger partial charge in [-0.25, -0.2) is 0 Å². The lowest BCUT2D eigenvalue weighted by molar-refractivity contribution is -0.167. The van der Waals surface area contributed by atoms with E-state index in [0.717, 1.165) is 83.5 Å². The zero-order chi connectivity index (χ0) is 55.0. The first kappa shape index (κ1) is 73.1. The Morgan fingerprint density at radius 1 is 0.276 bits per heavy atom. The maximum atomic E-state index is 12.9. The van der Waals surface area contributed by atoms with Crippen LogP contribution in [-0.4, -0.2) is 37.2 Å². The SMILES string of the molecule is CC/C=C\C/C=C\C/C=C\C/C=C\CCCCC(=O)OCC(COC(=O)CCCCCCCCCCCCC/C=C\CCCCCCCCCC)OC(=O)CCCCCCCCCCCCCCCCCCCCCC. The smallest absolute Gasteiger partial charge is 0.306 e. The summed E-state index contributed by atoms with van der Waals surface area (Å²) in [6.45, 7) is 6.55. The summed E-state index contributed by atoms with van der Waals surface area (Å²) < 4.78 is 16.9. The number of unbranched alkanes of at least 4 members (excludes halogenated alkanes) is 40. The summed E-state index contributed by atoms with van der Waals surface area (Å²) >= 11 is 0. The maximum Gasteiger partial charge on any atom is 0.306 e. The van der Waals surface area contributed by atoms with Gasteiger partial charge < -0.3 is 14.2 Å². The van der Waals surface area contributed by atoms with E-state index in [1.807, 2.05) is 0 Å². The Bertz CT molecular complexity index is 1360. The molecule has 6 heteroatoms. The van der Waals surface area contributed by atoms with Gasteiger partial charge in [0.1, 0.15) is 13.2 Å². The summed E-state index contributed by atoms with van der Waals surface area (Å²) in [5, 5.41) is 0. The van der Waals surface area contributed by atoms with E-state index in [0.29, 0.717) is 19.3 Å². The molecule has 0 spiro atoms. The van der Waals surface area contributed by atoms with Crippen molar-refractivity contribution in [3.63, 3.8) is 0 Å². The van der Waals surface area contributed by atoms with Crippen LogP contribution >= 0.6 is 0 Å². The fourth-order valence-electron chi connectivity index (χ4n) is 9.79. The third-order valence-corrected chi connectivity index (χ3v) is 14.8. The van der Waals surface area contributed by atoms with Gasteiger partial charge in [-0.05, 0) is 83.5 Å². The minimum absolute atomic E-state index is 0.0843. The van der Waals surface area contributed by atoms with Crippen LogP contribution in [0.2, 0.25) is 0 Å². The molecular formula is C70H126O6. The van der Waals surface area contributed by atoms with Crippen molar-refractivity contribution >= 4 is 17.9 Å². The maximum absolute atomic E-state index is 12.9. The van der Waals surface area contributed by atoms with Gasteiger partial charge in [0, 0.05) is 19.3 Å². The standard InChI is InChI=1S/C70H126O6/c1-4-7-10-13-16-19-22-25-28-30-32-34-35-36-38-39-42-45-48-51-54-57-60-63-69(72)75-66-67(65-74-68(71)62-59-56-53-50-47-44-41-27-24-21-18-15-12-9-6-3)76-70(73)64-61-58-55-52-49-46-43-40-37-33-31-29-26-23-20-17-14-11-8-5-2/h9,12,18,21,27,30,32,41,47,50,67H,4-8,10-11,13-17,19-20,22-26,28-29,31,33-40,42-46,48-49,51-66H2,1-3H3/b12-9-,21-18-,32-30-,41-27-,50-47-. The predicted molar refractivity (Wildman–Crippen MR) is 330 cm³/mol. The van der Waals surface area contributed by atoms with Gasteiger partial charge >= 0.3 is 17.9 Å². The minimum Gasteiger partial charge on any atom is -0.462 e. The van der Waals surface area contributed by atoms with E-state index in [9.17, 15) is 14.4 Å². The first-order valence-corrected chi connectivity index (χ1v) is 33.3. The highest BCUT2D eigenvalue weighted by Gasteiger charge is 2.19. The summed E-state index contributed by atoms with van der Waals surface area (Å²) in [6, 6.07) is 0. The molecule has 0 radical (unpaired) electrons. The highest BCUT2D eigenvalue weighted by molar-refractivity contribution is 5.71. The molecule has 0 aliphatic carbocycles. The quantitative estimate of drug-likeness (QED) is 0.0261. The second kappa shape index (κ2) is 64.6. The number of esters is 3. The zero-order valence-electron chi connectivity index (χ0n) is 50.8. The van der Waals surface area contributed by atoms with E-state index in [1.165, 1.54) is 225 Å². The Morgan fingerprint density at radius 3 is 0.842 bits per heavy atom. The van der Waals surface area contributed by atoms with Crippen LogP contribution in [0.1, 0.15) is 348 Å². The van der Waals surface area contributed by atoms with Crippen LogP contribution in [0.3, 0.4) is 0 Å². The molecule has 0 bridgehead atoms. The van der Waals surface area contributed by atoms with Crippen molar-refractivity contribution in [1.82, 2.24) is 0 Å². The van der Waals surface area contributed by atoms with Gasteiger partial charge in [-0.3, -0.25) is 14.4 Å². The predicted octanol–water partition coefficient (Wildman–Crippen LogP) is 22.7. The van der Waals surface area contributed by atoms with Crippen LogP contribution in [0, 0.1) is 0 Å². The monoisotopic (exact) mass is 1060 g/mol. The first-order valence-electron chi connectivity index (χ1n) is 33.3. The molecule has 442 valence electrons. The van der Waals surface area contributed by atoms with Crippen molar-refractivity contribution in [2.45, 2.75) is 354 Å². The van der Waals surface area contributed by atoms with Crippen LogP contribution in [0.5, 0.6) is 0 Å². The zero-order valence-corrected chi connectivity index (χ0v) is 50.8. The number of allylic oxidation sites excluding steroid dienone is 10. The molecule has 0 aromatic heterocycles. The van der Waals surface area contributed by atoms with Gasteiger partial charge in [-0.15, -0.1) is 0 Å². The van der Waals surface area contributed by atoms with E-state index in [4.69, 9.17) is 14.2 Å². The first-order chi connectivity index (χ1) is 37.5. The molecule has 0 heterocycles. The van der Waals surface area contributed by atoms with E-state index in [-0.39, 0.29) is 31.1 Å². The fraction of sp³-hybridized carbons (Fsp3) is 0.814. The molecule has 0 rings (SSSR count). The lowest BCUT2D eigenvalue weighted by atomic mass is 10.0. The molecule has 0 amide bonds. The molecule has 0 aromatic rings. The van der Waals surface area contributed by atoms with Crippen LogP contribution in [0.4, 0.5) is 0 Å². The van der Waals surface area contributed by atoms with Gasteiger partial charge in [-0.2, -0.15) is 0 Å². The number of hydrogen-bond donors (Lipinski definition) is 0. The van der Waals surface area contributed by atoms with E-state index in [1.54, 1.807) is 0 Å². The number of carbonyl (C=O) groups is 3. The topological polar surface area (TPSA) is 78.9 Å². The fourth-order valence-corrected chi connectivity index (χ4v) is 9.79. The van der Waals surface area contributed by atoms with E-state index in [2.05, 4.69) is 81.5 Å². The third kappa shape index (κ3) is 62.0. The third-order valence-electron chi connectivity index (χ3n) is 14.8. The van der Waals surface area contributed by atoms with Crippen molar-refractivity contribution in [1.29, 1.82) is 0 Å². The summed E-state index contributed by atoms with van der Waals surface area (Å²) in [5.41, 5.74) is 0. The van der Waals surface area contributed by atoms with Gasteiger partial charge in [0.05, 0.1) is 0 Å². The highest BCUT2D eigenvalue weighted by atomic mass is 16.6. The number of rotatable bonds is 61. The summed E-state index contributed by atoms with van der Waals surface area (Å²) in [4.78, 5) is 38.3. The van der Waals surface area contributed by atoms with Crippen LogP contribution in [0.25, 0.3) is 0 Å². The molecule has 0 N–H and O–H groups in total. The van der Waals surface area contributed by atoms with E-state index >= 15 is 0 Å². The molecule has 1 atom stereocenters. The van der Waals surface area contributed by atoms with Crippen molar-refractivity contribution in [3.05, 3.63) is 60.8 Å². The van der Waals surface area contributed by atoms with Gasteiger partial charge in [0.2, 0.25) is 0 Å². The van der Waals surface area contributed by atoms with Gasteiger partial charge in [-0.1, -0.05) is 306 Å². The normalized spacial score (nSPS) is 12.4. The van der Waals surface area contributed by atoms with Crippen molar-refractivity contribution in [2.24, 2.45) is 0 Å². The average molecular weight is 1060 g/mol. The molecule has 0 saturated heterocycles. The van der Waals surface area contributed by atoms with Gasteiger partial charge in [0.15, 0.2) is 6.10 Å². The molecule has 0 fully saturated rings. The Morgan fingerprint density at radius 2 is 0.513 bits per heavy atom. The van der Waals surface area contributed by atoms with Crippen molar-refractivity contribution < 1.29 is 28.6 Å². The lowest BCUT2D eigenvalue weighted by Crippen LogP contribution is -2.30. The Labute approximate surface area is 472 Å². The highest BCUT2D eigenvalue weighted by Crippen LogP contribution is 2.18. The molecule has 0 aromatic carbocycles. The summed E-state index contributed by atoms with van der Waals surface area (Å²) in [5.74, 6) is -0.907.